The SMILES string of the molecule is O=[N+]([O-])c1ccc(-c2noc(COc3ccc(Br)cc3Cl)n2)cc1. The molecule has 0 N–H and O–H groups in total. The van der Waals surface area contributed by atoms with Crippen LogP contribution in [0.5, 0.6) is 5.75 Å². The lowest BCUT2D eigenvalue weighted by Gasteiger charge is -2.05. The monoisotopic (exact) mass is 409 g/mol. The summed E-state index contributed by atoms with van der Waals surface area (Å²) in [6.45, 7) is 0.0569. The van der Waals surface area contributed by atoms with Crippen molar-refractivity contribution in [1.82, 2.24) is 10.1 Å². The van der Waals surface area contributed by atoms with Crippen molar-refractivity contribution in [3.05, 3.63) is 68.0 Å². The number of aromatic nitrogens is 2. The Morgan fingerprint density at radius 1 is 1.25 bits per heavy atom. The fourth-order valence-electron chi connectivity index (χ4n) is 1.89. The molecule has 0 aliphatic rings. The fraction of sp³-hybridized carbons (Fsp3) is 0.0667. The van der Waals surface area contributed by atoms with Crippen molar-refractivity contribution in [2.24, 2.45) is 0 Å². The van der Waals surface area contributed by atoms with E-state index in [4.69, 9.17) is 20.9 Å². The van der Waals surface area contributed by atoms with E-state index < -0.39 is 4.92 Å². The molecule has 122 valence electrons. The molecule has 24 heavy (non-hydrogen) atoms. The van der Waals surface area contributed by atoms with Gasteiger partial charge in [-0.1, -0.05) is 32.7 Å². The van der Waals surface area contributed by atoms with Gasteiger partial charge in [0, 0.05) is 22.2 Å². The van der Waals surface area contributed by atoms with E-state index >= 15 is 0 Å². The molecule has 7 nitrogen and oxygen atoms in total. The number of ether oxygens (including phenoxy) is 1. The lowest BCUT2D eigenvalue weighted by molar-refractivity contribution is -0.384. The van der Waals surface area contributed by atoms with E-state index in [0.717, 1.165) is 4.47 Å². The summed E-state index contributed by atoms with van der Waals surface area (Å²) in [4.78, 5) is 14.4. The average molecular weight is 411 g/mol. The third kappa shape index (κ3) is 3.72. The van der Waals surface area contributed by atoms with Crippen LogP contribution >= 0.6 is 27.5 Å². The van der Waals surface area contributed by atoms with E-state index in [2.05, 4.69) is 26.1 Å². The van der Waals surface area contributed by atoms with E-state index in [-0.39, 0.29) is 18.2 Å². The Morgan fingerprint density at radius 3 is 2.67 bits per heavy atom. The Hall–Kier alpha value is -2.45. The van der Waals surface area contributed by atoms with E-state index in [0.29, 0.717) is 22.2 Å². The summed E-state index contributed by atoms with van der Waals surface area (Å²) in [7, 11) is 0. The number of hydrogen-bond donors (Lipinski definition) is 0. The first kappa shape index (κ1) is 16.4. The number of benzene rings is 2. The molecule has 1 heterocycles. The van der Waals surface area contributed by atoms with Crippen LogP contribution in [0.15, 0.2) is 51.5 Å². The van der Waals surface area contributed by atoms with Gasteiger partial charge in [0.15, 0.2) is 6.61 Å². The van der Waals surface area contributed by atoms with Crippen molar-refractivity contribution in [2.45, 2.75) is 6.61 Å². The van der Waals surface area contributed by atoms with Gasteiger partial charge < -0.3 is 9.26 Å². The molecule has 3 aromatic rings. The average Bonchev–Trinajstić information content (AvgIpc) is 3.03. The van der Waals surface area contributed by atoms with E-state index in [9.17, 15) is 10.1 Å². The predicted molar refractivity (Wildman–Crippen MR) is 89.9 cm³/mol. The van der Waals surface area contributed by atoms with Crippen LogP contribution in [0.4, 0.5) is 5.69 Å². The van der Waals surface area contributed by atoms with Crippen molar-refractivity contribution in [2.75, 3.05) is 0 Å². The molecule has 0 saturated carbocycles. The molecule has 0 radical (unpaired) electrons. The molecule has 2 aromatic carbocycles. The van der Waals surface area contributed by atoms with Gasteiger partial charge in [0.1, 0.15) is 5.75 Å². The first-order valence-electron chi connectivity index (χ1n) is 6.68. The Kier molecular flexibility index (Phi) is 4.77. The predicted octanol–water partition coefficient (Wildman–Crippen LogP) is 4.64. The van der Waals surface area contributed by atoms with E-state index in [1.54, 1.807) is 30.3 Å². The van der Waals surface area contributed by atoms with E-state index in [1.807, 2.05) is 0 Å². The molecule has 0 aliphatic heterocycles. The third-order valence-electron chi connectivity index (χ3n) is 3.05. The van der Waals surface area contributed by atoms with Gasteiger partial charge in [-0.2, -0.15) is 4.98 Å². The molecule has 9 heteroatoms. The van der Waals surface area contributed by atoms with Gasteiger partial charge in [-0.15, -0.1) is 0 Å². The summed E-state index contributed by atoms with van der Waals surface area (Å²) in [5.74, 6) is 1.09. The summed E-state index contributed by atoms with van der Waals surface area (Å²) in [5.41, 5.74) is 0.605. The standard InChI is InChI=1S/C15H9BrClN3O4/c16-10-3-6-13(12(17)7-10)23-8-14-18-15(19-24-14)9-1-4-11(5-2-9)20(21)22/h1-7H,8H2. The summed E-state index contributed by atoms with van der Waals surface area (Å²) >= 11 is 9.37. The first-order chi connectivity index (χ1) is 11.5. The van der Waals surface area contributed by atoms with Crippen molar-refractivity contribution in [1.29, 1.82) is 0 Å². The normalized spacial score (nSPS) is 10.6. The van der Waals surface area contributed by atoms with Crippen LogP contribution < -0.4 is 4.74 Å². The number of rotatable bonds is 5. The van der Waals surface area contributed by atoms with Gasteiger partial charge in [-0.3, -0.25) is 10.1 Å². The highest BCUT2D eigenvalue weighted by molar-refractivity contribution is 9.10. The third-order valence-corrected chi connectivity index (χ3v) is 3.84. The second-order valence-corrected chi connectivity index (χ2v) is 6.00. The van der Waals surface area contributed by atoms with Gasteiger partial charge >= 0.3 is 0 Å². The van der Waals surface area contributed by atoms with Crippen molar-refractivity contribution < 1.29 is 14.2 Å². The zero-order valence-electron chi connectivity index (χ0n) is 12.0. The van der Waals surface area contributed by atoms with Crippen LogP contribution in [0.2, 0.25) is 5.02 Å². The molecule has 0 fully saturated rings. The molecule has 0 atom stereocenters. The van der Waals surface area contributed by atoms with Gasteiger partial charge in [0.2, 0.25) is 5.82 Å². The van der Waals surface area contributed by atoms with Crippen molar-refractivity contribution in [3.63, 3.8) is 0 Å². The Bertz CT molecular complexity index is 883. The minimum absolute atomic E-state index is 0.00400. The van der Waals surface area contributed by atoms with Gasteiger partial charge in [-0.05, 0) is 30.3 Å². The number of hydrogen-bond acceptors (Lipinski definition) is 6. The highest BCUT2D eigenvalue weighted by atomic mass is 79.9. The molecular weight excluding hydrogens is 402 g/mol. The van der Waals surface area contributed by atoms with Crippen molar-refractivity contribution in [3.8, 4) is 17.1 Å². The van der Waals surface area contributed by atoms with Gasteiger partial charge in [0.05, 0.1) is 9.95 Å². The first-order valence-corrected chi connectivity index (χ1v) is 7.85. The maximum Gasteiger partial charge on any atom is 0.269 e. The summed E-state index contributed by atoms with van der Waals surface area (Å²) in [6.07, 6.45) is 0. The van der Waals surface area contributed by atoms with Crippen molar-refractivity contribution >= 4 is 33.2 Å². The molecular formula is C15H9BrClN3O4. The Labute approximate surface area is 149 Å². The second-order valence-electron chi connectivity index (χ2n) is 4.68. The zero-order chi connectivity index (χ0) is 17.1. The fourth-order valence-corrected chi connectivity index (χ4v) is 2.62. The van der Waals surface area contributed by atoms with Crippen LogP contribution in [0.1, 0.15) is 5.89 Å². The van der Waals surface area contributed by atoms with Crippen LogP contribution in [0.25, 0.3) is 11.4 Å². The lowest BCUT2D eigenvalue weighted by Crippen LogP contribution is -1.96. The highest BCUT2D eigenvalue weighted by Gasteiger charge is 2.12. The summed E-state index contributed by atoms with van der Waals surface area (Å²) in [6, 6.07) is 11.1. The smallest absolute Gasteiger partial charge is 0.269 e. The highest BCUT2D eigenvalue weighted by Crippen LogP contribution is 2.28. The quantitative estimate of drug-likeness (QED) is 0.449. The van der Waals surface area contributed by atoms with Gasteiger partial charge in [0.25, 0.3) is 11.6 Å². The number of halogens is 2. The summed E-state index contributed by atoms with van der Waals surface area (Å²) < 4.78 is 11.5. The summed E-state index contributed by atoms with van der Waals surface area (Å²) in [5, 5.41) is 14.9. The molecule has 0 unspecified atom stereocenters. The van der Waals surface area contributed by atoms with Crippen LogP contribution in [-0.4, -0.2) is 15.1 Å². The number of non-ortho nitro benzene ring substituents is 1. The minimum atomic E-state index is -0.471. The molecule has 0 amide bonds. The molecule has 0 aliphatic carbocycles. The maximum absolute atomic E-state index is 10.6. The number of nitro groups is 1. The lowest BCUT2D eigenvalue weighted by atomic mass is 10.2. The molecule has 0 saturated heterocycles. The molecule has 0 spiro atoms. The van der Waals surface area contributed by atoms with Crippen LogP contribution in [0.3, 0.4) is 0 Å². The van der Waals surface area contributed by atoms with E-state index in [1.165, 1.54) is 12.1 Å². The minimum Gasteiger partial charge on any atom is -0.482 e. The molecule has 0 bridgehead atoms. The largest absolute Gasteiger partial charge is 0.482 e. The second kappa shape index (κ2) is 6.98. The number of nitrogens with zero attached hydrogens (tertiary/aromatic N) is 3. The molecule has 3 rings (SSSR count). The van der Waals surface area contributed by atoms with Gasteiger partial charge in [-0.25, -0.2) is 0 Å². The Balaban J connectivity index is 1.70. The topological polar surface area (TPSA) is 91.3 Å². The van der Waals surface area contributed by atoms with Crippen LogP contribution in [-0.2, 0) is 6.61 Å². The number of nitro benzene ring substituents is 1. The Morgan fingerprint density at radius 2 is 2.00 bits per heavy atom. The molecule has 1 aromatic heterocycles. The zero-order valence-corrected chi connectivity index (χ0v) is 14.3. The van der Waals surface area contributed by atoms with Crippen LogP contribution in [0, 0.1) is 10.1 Å². The maximum atomic E-state index is 10.6.